The van der Waals surface area contributed by atoms with Crippen molar-refractivity contribution in [2.45, 2.75) is 13.3 Å². The van der Waals surface area contributed by atoms with E-state index in [1.807, 2.05) is 6.07 Å². The predicted octanol–water partition coefficient (Wildman–Crippen LogP) is 3.24. The Bertz CT molecular complexity index is 401. The molecule has 0 spiro atoms. The molecule has 1 fully saturated rings. The van der Waals surface area contributed by atoms with Crippen LogP contribution in [0, 0.1) is 5.92 Å². The van der Waals surface area contributed by atoms with E-state index in [0.29, 0.717) is 0 Å². The standard InChI is InChI=1S/C16H25BrN2O/c1-3-14(12-17)13-18-7-9-19(10-8-18)15-5-4-6-16(11-15)20-2/h4-6,11,14H,3,7-10,12-13H2,1-2H3. The highest BCUT2D eigenvalue weighted by molar-refractivity contribution is 9.09. The van der Waals surface area contributed by atoms with Gasteiger partial charge in [-0.25, -0.2) is 0 Å². The Labute approximate surface area is 131 Å². The second-order valence-electron chi connectivity index (χ2n) is 5.42. The molecule has 1 unspecified atom stereocenters. The number of nitrogens with zero attached hydrogens (tertiary/aromatic N) is 2. The molecule has 1 saturated heterocycles. The number of hydrogen-bond donors (Lipinski definition) is 0. The molecule has 0 N–H and O–H groups in total. The van der Waals surface area contributed by atoms with E-state index < -0.39 is 0 Å². The van der Waals surface area contributed by atoms with E-state index in [4.69, 9.17) is 4.74 Å². The lowest BCUT2D eigenvalue weighted by Crippen LogP contribution is -2.47. The van der Waals surface area contributed by atoms with Gasteiger partial charge in [-0.1, -0.05) is 35.3 Å². The fraction of sp³-hybridized carbons (Fsp3) is 0.625. The van der Waals surface area contributed by atoms with Gasteiger partial charge in [-0.15, -0.1) is 0 Å². The lowest BCUT2D eigenvalue weighted by molar-refractivity contribution is 0.225. The summed E-state index contributed by atoms with van der Waals surface area (Å²) >= 11 is 3.62. The first-order chi connectivity index (χ1) is 9.76. The van der Waals surface area contributed by atoms with Gasteiger partial charge in [-0.2, -0.15) is 0 Å². The number of rotatable bonds is 6. The fourth-order valence-electron chi connectivity index (χ4n) is 2.65. The zero-order valence-electron chi connectivity index (χ0n) is 12.5. The van der Waals surface area contributed by atoms with Crippen LogP contribution < -0.4 is 9.64 Å². The lowest BCUT2D eigenvalue weighted by Gasteiger charge is -2.37. The van der Waals surface area contributed by atoms with Crippen molar-refractivity contribution < 1.29 is 4.74 Å². The van der Waals surface area contributed by atoms with Crippen molar-refractivity contribution in [1.82, 2.24) is 4.90 Å². The minimum absolute atomic E-state index is 0.776. The van der Waals surface area contributed by atoms with E-state index in [-0.39, 0.29) is 0 Å². The van der Waals surface area contributed by atoms with E-state index in [9.17, 15) is 0 Å². The molecular formula is C16H25BrN2O. The summed E-state index contributed by atoms with van der Waals surface area (Å²) in [6.07, 6.45) is 1.25. The van der Waals surface area contributed by atoms with Crippen molar-refractivity contribution >= 4 is 21.6 Å². The molecule has 0 radical (unpaired) electrons. The number of alkyl halides is 1. The summed E-state index contributed by atoms with van der Waals surface area (Å²) < 4.78 is 5.31. The van der Waals surface area contributed by atoms with E-state index in [1.54, 1.807) is 7.11 Å². The maximum absolute atomic E-state index is 5.31. The Morgan fingerprint density at radius 3 is 2.60 bits per heavy atom. The van der Waals surface area contributed by atoms with Gasteiger partial charge >= 0.3 is 0 Å². The van der Waals surface area contributed by atoms with E-state index >= 15 is 0 Å². The molecule has 4 heteroatoms. The summed E-state index contributed by atoms with van der Waals surface area (Å²) in [5.41, 5.74) is 1.27. The number of benzene rings is 1. The second kappa shape index (κ2) is 7.89. The third-order valence-corrected chi connectivity index (χ3v) is 5.02. The molecule has 1 atom stereocenters. The minimum atomic E-state index is 0.776. The molecule has 20 heavy (non-hydrogen) atoms. The number of piperazine rings is 1. The van der Waals surface area contributed by atoms with Crippen molar-refractivity contribution in [1.29, 1.82) is 0 Å². The van der Waals surface area contributed by atoms with E-state index in [1.165, 1.54) is 18.7 Å². The highest BCUT2D eigenvalue weighted by Crippen LogP contribution is 2.22. The number of halogens is 1. The summed E-state index contributed by atoms with van der Waals surface area (Å²) in [6, 6.07) is 8.37. The number of anilines is 1. The third-order valence-electron chi connectivity index (χ3n) is 4.10. The van der Waals surface area contributed by atoms with Crippen LogP contribution in [0.4, 0.5) is 5.69 Å². The van der Waals surface area contributed by atoms with Crippen LogP contribution in [-0.2, 0) is 0 Å². The average Bonchev–Trinajstić information content (AvgIpc) is 2.53. The second-order valence-corrected chi connectivity index (χ2v) is 6.07. The molecule has 112 valence electrons. The topological polar surface area (TPSA) is 15.7 Å². The predicted molar refractivity (Wildman–Crippen MR) is 89.2 cm³/mol. The number of hydrogen-bond acceptors (Lipinski definition) is 3. The van der Waals surface area contributed by atoms with E-state index in [2.05, 4.69) is 50.9 Å². The van der Waals surface area contributed by atoms with Crippen molar-refractivity contribution in [3.05, 3.63) is 24.3 Å². The van der Waals surface area contributed by atoms with Gasteiger partial charge in [0.15, 0.2) is 0 Å². The summed E-state index contributed by atoms with van der Waals surface area (Å²) in [6.45, 7) is 8.01. The SMILES string of the molecule is CCC(CBr)CN1CCN(c2cccc(OC)c2)CC1. The van der Waals surface area contributed by atoms with Crippen LogP contribution in [0.2, 0.25) is 0 Å². The van der Waals surface area contributed by atoms with Crippen LogP contribution in [0.25, 0.3) is 0 Å². The average molecular weight is 341 g/mol. The van der Waals surface area contributed by atoms with Gasteiger partial charge < -0.3 is 9.64 Å². The van der Waals surface area contributed by atoms with Crippen LogP contribution in [0.1, 0.15) is 13.3 Å². The zero-order valence-corrected chi connectivity index (χ0v) is 14.1. The van der Waals surface area contributed by atoms with Crippen LogP contribution in [0.15, 0.2) is 24.3 Å². The van der Waals surface area contributed by atoms with Crippen LogP contribution in [0.5, 0.6) is 5.75 Å². The van der Waals surface area contributed by atoms with Crippen LogP contribution in [0.3, 0.4) is 0 Å². The molecule has 0 amide bonds. The quantitative estimate of drug-likeness (QED) is 0.739. The van der Waals surface area contributed by atoms with Gasteiger partial charge in [0.2, 0.25) is 0 Å². The molecule has 1 aromatic rings. The molecule has 1 aromatic carbocycles. The molecule has 0 bridgehead atoms. The maximum Gasteiger partial charge on any atom is 0.120 e. The summed E-state index contributed by atoms with van der Waals surface area (Å²) in [7, 11) is 1.72. The maximum atomic E-state index is 5.31. The monoisotopic (exact) mass is 340 g/mol. The summed E-state index contributed by atoms with van der Waals surface area (Å²) in [5, 5.41) is 1.11. The van der Waals surface area contributed by atoms with Crippen molar-refractivity contribution in [2.75, 3.05) is 50.1 Å². The molecule has 0 aliphatic carbocycles. The molecule has 0 saturated carbocycles. The number of ether oxygens (including phenoxy) is 1. The number of methoxy groups -OCH3 is 1. The summed E-state index contributed by atoms with van der Waals surface area (Å²) in [4.78, 5) is 5.04. The van der Waals surface area contributed by atoms with Gasteiger partial charge in [0.1, 0.15) is 5.75 Å². The normalized spacial score (nSPS) is 18.1. The smallest absolute Gasteiger partial charge is 0.120 e. The first kappa shape index (κ1) is 15.6. The Morgan fingerprint density at radius 1 is 1.25 bits per heavy atom. The largest absolute Gasteiger partial charge is 0.497 e. The van der Waals surface area contributed by atoms with Crippen LogP contribution >= 0.6 is 15.9 Å². The first-order valence-corrected chi connectivity index (χ1v) is 8.56. The van der Waals surface area contributed by atoms with Gasteiger partial charge in [0.25, 0.3) is 0 Å². The van der Waals surface area contributed by atoms with Crippen molar-refractivity contribution in [3.63, 3.8) is 0 Å². The molecule has 3 nitrogen and oxygen atoms in total. The van der Waals surface area contributed by atoms with Gasteiger partial charge in [0.05, 0.1) is 7.11 Å². The van der Waals surface area contributed by atoms with Crippen LogP contribution in [-0.4, -0.2) is 50.1 Å². The Balaban J connectivity index is 1.87. The highest BCUT2D eigenvalue weighted by atomic mass is 79.9. The Morgan fingerprint density at radius 2 is 2.00 bits per heavy atom. The molecule has 1 aliphatic heterocycles. The van der Waals surface area contributed by atoms with Crippen molar-refractivity contribution in [3.8, 4) is 5.75 Å². The zero-order chi connectivity index (χ0) is 14.4. The van der Waals surface area contributed by atoms with Gasteiger partial charge in [-0.05, 0) is 18.1 Å². The fourth-order valence-corrected chi connectivity index (χ4v) is 3.31. The van der Waals surface area contributed by atoms with E-state index in [0.717, 1.165) is 43.2 Å². The van der Waals surface area contributed by atoms with Gasteiger partial charge in [0, 0.05) is 49.8 Å². The molecular weight excluding hydrogens is 316 g/mol. The molecule has 1 heterocycles. The first-order valence-electron chi connectivity index (χ1n) is 7.44. The summed E-state index contributed by atoms with van der Waals surface area (Å²) in [5.74, 6) is 1.72. The molecule has 0 aromatic heterocycles. The van der Waals surface area contributed by atoms with Gasteiger partial charge in [-0.3, -0.25) is 4.90 Å². The lowest BCUT2D eigenvalue weighted by atomic mass is 10.1. The Hall–Kier alpha value is -0.740. The Kier molecular flexibility index (Phi) is 6.17. The molecule has 2 rings (SSSR count). The minimum Gasteiger partial charge on any atom is -0.497 e. The molecule has 1 aliphatic rings. The third kappa shape index (κ3) is 4.13. The van der Waals surface area contributed by atoms with Crippen molar-refractivity contribution in [2.24, 2.45) is 5.92 Å². The highest BCUT2D eigenvalue weighted by Gasteiger charge is 2.19.